The van der Waals surface area contributed by atoms with Crippen molar-refractivity contribution in [3.63, 3.8) is 0 Å². The molecule has 0 unspecified atom stereocenters. The molecule has 1 heterocycles. The maximum atomic E-state index is 10.6. The summed E-state index contributed by atoms with van der Waals surface area (Å²) in [5, 5.41) is 23.5. The van der Waals surface area contributed by atoms with E-state index in [2.05, 4.69) is 5.32 Å². The molecule has 1 aliphatic rings. The number of carbonyl (C=O) groups is 2. The zero-order chi connectivity index (χ0) is 10.8. The minimum Gasteiger partial charge on any atom is -0.548 e. The van der Waals surface area contributed by atoms with Gasteiger partial charge in [-0.25, -0.2) is 0 Å². The monoisotopic (exact) mass is 214 g/mol. The second kappa shape index (κ2) is 7.39. The smallest absolute Gasteiger partial charge is 0.548 e. The second-order valence-corrected chi connectivity index (χ2v) is 3.54. The molecule has 0 radical (unpaired) electrons. The Bertz CT molecular complexity index is 258. The molecule has 1 rings (SSSR count). The number of nitrogens with two attached hydrogens (primary N) is 1. The summed E-state index contributed by atoms with van der Waals surface area (Å²) in [7, 11) is 0. The van der Waals surface area contributed by atoms with E-state index in [1.54, 1.807) is 0 Å². The van der Waals surface area contributed by atoms with Gasteiger partial charge in [0, 0.05) is 12.6 Å². The van der Waals surface area contributed by atoms with E-state index in [0.717, 1.165) is 0 Å². The van der Waals surface area contributed by atoms with Gasteiger partial charge >= 0.3 is 37.7 Å². The summed E-state index contributed by atoms with van der Waals surface area (Å²) in [6.45, 7) is 0.385. The van der Waals surface area contributed by atoms with Crippen LogP contribution in [0.4, 0.5) is 0 Å². The Morgan fingerprint density at radius 2 is 1.88 bits per heavy atom. The van der Waals surface area contributed by atoms with Crippen LogP contribution in [0.1, 0.15) is 19.3 Å². The summed E-state index contributed by atoms with van der Waals surface area (Å²) in [5.74, 6) is -2.45. The van der Waals surface area contributed by atoms with Crippen molar-refractivity contribution >= 4 is 11.9 Å². The van der Waals surface area contributed by atoms with Crippen LogP contribution in [0.25, 0.3) is 0 Å². The minimum absolute atomic E-state index is 0. The van der Waals surface area contributed by atoms with Gasteiger partial charge in [0.05, 0.1) is 17.5 Å². The molecule has 0 aliphatic carbocycles. The number of carbonyl (C=O) groups excluding carboxylic acids is 2. The van der Waals surface area contributed by atoms with Crippen molar-refractivity contribution in [1.82, 2.24) is 5.32 Å². The van der Waals surface area contributed by atoms with Gasteiger partial charge < -0.3 is 30.9 Å². The summed E-state index contributed by atoms with van der Waals surface area (Å²) in [5.41, 5.74) is 4.26. The van der Waals surface area contributed by atoms with Crippen molar-refractivity contribution in [2.75, 3.05) is 6.54 Å². The average Bonchev–Trinajstić information content (AvgIpc) is 2.85. The molecule has 80 valence electrons. The molecule has 0 aromatic rings. The van der Waals surface area contributed by atoms with Crippen LogP contribution in [0.2, 0.25) is 0 Å². The van der Waals surface area contributed by atoms with Gasteiger partial charge in [-0.1, -0.05) is 0 Å². The Balaban J connectivity index is 0. The molecule has 1 aliphatic heterocycles. The van der Waals surface area contributed by atoms with E-state index in [1.165, 1.54) is 0 Å². The Morgan fingerprint density at radius 3 is 2.19 bits per heavy atom. The van der Waals surface area contributed by atoms with Crippen LogP contribution in [-0.4, -0.2) is 30.1 Å². The first-order valence-corrected chi connectivity index (χ1v) is 4.41. The number of hydrogen-bond donors (Lipinski definition) is 2. The predicted octanol–water partition coefficient (Wildman–Crippen LogP) is -9.67. The molecule has 0 bridgehead atoms. The van der Waals surface area contributed by atoms with Gasteiger partial charge in [-0.3, -0.25) is 0 Å². The van der Waals surface area contributed by atoms with Crippen LogP contribution < -0.4 is 59.0 Å². The van der Waals surface area contributed by atoms with Crippen molar-refractivity contribution in [3.05, 3.63) is 0 Å². The molecule has 0 spiro atoms. The molecule has 3 N–H and O–H groups in total. The summed E-state index contributed by atoms with van der Waals surface area (Å²) >= 11 is 0. The first kappa shape index (κ1) is 18.4. The number of carboxylic acids is 2. The molecule has 1 fully saturated rings. The van der Waals surface area contributed by atoms with Gasteiger partial charge in [0.15, 0.2) is 0 Å². The maximum Gasteiger partial charge on any atom is 1.00 e. The molecule has 2 atom stereocenters. The molecular formula is C8H12Li2N2O4. The minimum atomic E-state index is -1.31. The standard InChI is InChI=1S/C8H14N2O4.2Li/c9-5(6(11)12)2-1-3-8(4-10-8)7(13)14;;/h5,10H,1-4,9H2,(H,11,12)(H,13,14);;/q;2*+1/p-2/t5-,8-;;/m0../s1. The topological polar surface area (TPSA) is 128 Å². The van der Waals surface area contributed by atoms with Gasteiger partial charge in [0.2, 0.25) is 0 Å². The molecule has 0 amide bonds. The first-order valence-electron chi connectivity index (χ1n) is 4.41. The summed E-state index contributed by atoms with van der Waals surface area (Å²) < 4.78 is 0. The van der Waals surface area contributed by atoms with Crippen molar-refractivity contribution in [2.24, 2.45) is 5.73 Å². The van der Waals surface area contributed by atoms with Gasteiger partial charge in [0.25, 0.3) is 0 Å². The summed E-state index contributed by atoms with van der Waals surface area (Å²) in [6.07, 6.45) is 0.992. The molecule has 16 heavy (non-hydrogen) atoms. The Morgan fingerprint density at radius 1 is 1.38 bits per heavy atom. The van der Waals surface area contributed by atoms with Crippen LogP contribution in [0.15, 0.2) is 0 Å². The van der Waals surface area contributed by atoms with Crippen molar-refractivity contribution in [2.45, 2.75) is 30.8 Å². The van der Waals surface area contributed by atoms with Crippen molar-refractivity contribution in [1.29, 1.82) is 0 Å². The SMILES string of the molecule is N[C@@H](CCC[C@@]1(C(=O)[O-])CN1)C(=O)[O-].[Li+].[Li+]. The quantitative estimate of drug-likeness (QED) is 0.333. The van der Waals surface area contributed by atoms with E-state index in [1.807, 2.05) is 0 Å². The van der Waals surface area contributed by atoms with Crippen molar-refractivity contribution in [3.8, 4) is 0 Å². The summed E-state index contributed by atoms with van der Waals surface area (Å²) in [6, 6.07) is -1.02. The van der Waals surface area contributed by atoms with Gasteiger partial charge in [0.1, 0.15) is 0 Å². The zero-order valence-electron chi connectivity index (χ0n) is 9.62. The third-order valence-corrected chi connectivity index (χ3v) is 2.42. The number of rotatable bonds is 6. The van der Waals surface area contributed by atoms with Crippen LogP contribution >= 0.6 is 0 Å². The fraction of sp³-hybridized carbons (Fsp3) is 0.750. The van der Waals surface area contributed by atoms with E-state index >= 15 is 0 Å². The van der Waals surface area contributed by atoms with Crippen LogP contribution in [-0.2, 0) is 9.59 Å². The predicted molar refractivity (Wildman–Crippen MR) is 42.6 cm³/mol. The first-order chi connectivity index (χ1) is 6.48. The number of nitrogens with one attached hydrogen (secondary N) is 1. The van der Waals surface area contributed by atoms with Crippen LogP contribution in [0.5, 0.6) is 0 Å². The van der Waals surface area contributed by atoms with E-state index in [0.29, 0.717) is 19.4 Å². The normalized spacial score (nSPS) is 23.6. The van der Waals surface area contributed by atoms with Gasteiger partial charge in [-0.15, -0.1) is 0 Å². The molecule has 1 saturated heterocycles. The molecular weight excluding hydrogens is 202 g/mol. The molecule has 0 aromatic heterocycles. The maximum absolute atomic E-state index is 10.6. The van der Waals surface area contributed by atoms with Gasteiger partial charge in [-0.2, -0.15) is 0 Å². The Hall–Kier alpha value is 0.0548. The number of aliphatic carboxylic acids is 2. The van der Waals surface area contributed by atoms with Gasteiger partial charge in [-0.05, 0) is 19.3 Å². The number of hydrogen-bond acceptors (Lipinski definition) is 6. The van der Waals surface area contributed by atoms with E-state index in [9.17, 15) is 19.8 Å². The molecule has 6 nitrogen and oxygen atoms in total. The molecule has 0 aromatic carbocycles. The van der Waals surface area contributed by atoms with Crippen LogP contribution in [0, 0.1) is 0 Å². The van der Waals surface area contributed by atoms with E-state index < -0.39 is 23.5 Å². The average molecular weight is 214 g/mol. The fourth-order valence-electron chi connectivity index (χ4n) is 1.27. The van der Waals surface area contributed by atoms with Crippen LogP contribution in [0.3, 0.4) is 0 Å². The molecule has 8 heteroatoms. The van der Waals surface area contributed by atoms with Crippen molar-refractivity contribution < 1.29 is 57.5 Å². The third-order valence-electron chi connectivity index (χ3n) is 2.42. The van der Waals surface area contributed by atoms with E-state index in [4.69, 9.17) is 5.73 Å². The number of carboxylic acid groups (broad SMARTS) is 2. The van der Waals surface area contributed by atoms with E-state index in [-0.39, 0.29) is 44.1 Å². The second-order valence-electron chi connectivity index (χ2n) is 3.54. The third kappa shape index (κ3) is 4.92. The zero-order valence-corrected chi connectivity index (χ0v) is 9.62. The Kier molecular flexibility index (Phi) is 8.51. The largest absolute Gasteiger partial charge is 1.00 e. The summed E-state index contributed by atoms with van der Waals surface area (Å²) in [4.78, 5) is 20.8. The molecule has 0 saturated carbocycles. The Labute approximate surface area is 118 Å². The fourth-order valence-corrected chi connectivity index (χ4v) is 1.27.